The van der Waals surface area contributed by atoms with E-state index < -0.39 is 0 Å². The number of rotatable bonds is 12. The monoisotopic (exact) mass is 639 g/mol. The molecule has 7 nitrogen and oxygen atoms in total. The Morgan fingerprint density at radius 1 is 0.643 bits per heavy atom. The molecule has 2 amide bonds. The predicted octanol–water partition coefficient (Wildman–Crippen LogP) is 6.33. The van der Waals surface area contributed by atoms with Crippen molar-refractivity contribution in [2.45, 2.75) is 27.7 Å². The molecule has 0 N–H and O–H groups in total. The molecular weight excluding hydrogens is 603 g/mol. The molecule has 11 heteroatoms. The van der Waals surface area contributed by atoms with Crippen molar-refractivity contribution >= 4 is 91.9 Å². The Hall–Kier alpha value is -2.70. The average Bonchev–Trinajstić information content (AvgIpc) is 3.40. The number of nitrogens with zero attached hydrogens (tertiary/aromatic N) is 5. The number of hydrogen-bond donors (Lipinski definition) is 0. The van der Waals surface area contributed by atoms with E-state index in [1.165, 1.54) is 23.5 Å². The topological polar surface area (TPSA) is 50.3 Å². The van der Waals surface area contributed by atoms with Crippen molar-refractivity contribution in [1.29, 1.82) is 0 Å². The summed E-state index contributed by atoms with van der Waals surface area (Å²) in [7, 11) is 1.85. The summed E-state index contributed by atoms with van der Waals surface area (Å²) in [6, 6.07) is 16.4. The van der Waals surface area contributed by atoms with Crippen LogP contribution in [-0.2, 0) is 9.59 Å². The van der Waals surface area contributed by atoms with Gasteiger partial charge in [0.25, 0.3) is 11.8 Å². The predicted molar refractivity (Wildman–Crippen MR) is 188 cm³/mol. The van der Waals surface area contributed by atoms with Crippen LogP contribution in [0.5, 0.6) is 0 Å². The van der Waals surface area contributed by atoms with Gasteiger partial charge < -0.3 is 9.80 Å². The van der Waals surface area contributed by atoms with E-state index in [1.54, 1.807) is 9.80 Å². The number of carbonyl (C=O) groups is 2. The first-order chi connectivity index (χ1) is 20.2. The van der Waals surface area contributed by atoms with Crippen LogP contribution in [0.3, 0.4) is 0 Å². The van der Waals surface area contributed by atoms with E-state index in [2.05, 4.69) is 61.8 Å². The van der Waals surface area contributed by atoms with Gasteiger partial charge in [-0.2, -0.15) is 0 Å². The molecular formula is C31H37N5O2S4. The van der Waals surface area contributed by atoms with Crippen molar-refractivity contribution in [3.8, 4) is 0 Å². The molecule has 2 saturated heterocycles. The highest BCUT2D eigenvalue weighted by molar-refractivity contribution is 8.27. The largest absolute Gasteiger partial charge is 0.372 e. The fourth-order valence-corrected chi connectivity index (χ4v) is 7.30. The van der Waals surface area contributed by atoms with E-state index in [9.17, 15) is 9.59 Å². The molecule has 2 aromatic rings. The maximum atomic E-state index is 13.2. The van der Waals surface area contributed by atoms with Crippen LogP contribution in [0.25, 0.3) is 12.2 Å². The zero-order valence-electron chi connectivity index (χ0n) is 24.7. The van der Waals surface area contributed by atoms with E-state index in [0.717, 1.165) is 48.7 Å². The first kappa shape index (κ1) is 32.2. The summed E-state index contributed by atoms with van der Waals surface area (Å²) in [5.41, 5.74) is 4.22. The summed E-state index contributed by atoms with van der Waals surface area (Å²) in [5, 5.41) is 0. The summed E-state index contributed by atoms with van der Waals surface area (Å²) < 4.78 is 0.993. The summed E-state index contributed by atoms with van der Waals surface area (Å²) in [4.78, 5) is 37.2. The number of amides is 2. The normalized spacial score (nSPS) is 17.5. The average molecular weight is 640 g/mol. The summed E-state index contributed by atoms with van der Waals surface area (Å²) in [5.74, 6) is -0.272. The van der Waals surface area contributed by atoms with Gasteiger partial charge in [-0.15, -0.1) is 0 Å². The smallest absolute Gasteiger partial charge is 0.267 e. The minimum Gasteiger partial charge on any atom is -0.372 e. The molecule has 2 aromatic carbocycles. The minimum absolute atomic E-state index is 0.136. The van der Waals surface area contributed by atoms with Crippen LogP contribution in [0.1, 0.15) is 38.8 Å². The molecule has 4 rings (SSSR count). The van der Waals surface area contributed by atoms with Crippen LogP contribution >= 0.6 is 48.0 Å². The van der Waals surface area contributed by atoms with E-state index in [4.69, 9.17) is 24.4 Å². The number of hydrogen-bond acceptors (Lipinski definition) is 9. The Bertz CT molecular complexity index is 1280. The van der Waals surface area contributed by atoms with Crippen LogP contribution in [0.2, 0.25) is 0 Å². The van der Waals surface area contributed by atoms with Gasteiger partial charge in [0.1, 0.15) is 8.64 Å². The maximum Gasteiger partial charge on any atom is 0.267 e. The number of carbonyl (C=O) groups excluding carboxylic acids is 2. The maximum absolute atomic E-state index is 13.2. The molecule has 2 heterocycles. The molecule has 0 saturated carbocycles. The van der Waals surface area contributed by atoms with Crippen molar-refractivity contribution in [1.82, 2.24) is 14.7 Å². The number of thiocarbonyl (C=S) groups is 2. The Labute approximate surface area is 268 Å². The lowest BCUT2D eigenvalue weighted by atomic mass is 10.1. The van der Waals surface area contributed by atoms with Crippen molar-refractivity contribution in [2.75, 3.05) is 56.4 Å². The van der Waals surface area contributed by atoms with Crippen molar-refractivity contribution < 1.29 is 9.59 Å². The van der Waals surface area contributed by atoms with Crippen molar-refractivity contribution in [3.05, 3.63) is 69.5 Å². The summed E-state index contributed by atoms with van der Waals surface area (Å²) in [6.07, 6.45) is 3.76. The van der Waals surface area contributed by atoms with Crippen LogP contribution in [0.4, 0.5) is 11.4 Å². The van der Waals surface area contributed by atoms with Crippen molar-refractivity contribution in [2.24, 2.45) is 0 Å². The second kappa shape index (κ2) is 14.7. The first-order valence-corrected chi connectivity index (χ1v) is 16.5. The van der Waals surface area contributed by atoms with Gasteiger partial charge in [-0.05, 0) is 82.3 Å². The van der Waals surface area contributed by atoms with Gasteiger partial charge in [0, 0.05) is 37.6 Å². The molecule has 42 heavy (non-hydrogen) atoms. The second-order valence-electron chi connectivity index (χ2n) is 9.89. The Morgan fingerprint density at radius 3 is 1.29 bits per heavy atom. The standard InChI is InChI=1S/C31H37N5O2S4/c1-6-33(7-2)24-14-10-22(11-15-24)18-26-28(37)35(30(39)41-26)20-32(5)21-36-29(38)27(42-31(36)40)19-23-12-16-25(17-13-23)34(8-3)9-4/h10-19H,6-9,20-21H2,1-5H3. The van der Waals surface area contributed by atoms with E-state index in [1.807, 2.05) is 48.4 Å². The highest BCUT2D eigenvalue weighted by Gasteiger charge is 2.36. The molecule has 0 bridgehead atoms. The number of anilines is 2. The van der Waals surface area contributed by atoms with Gasteiger partial charge in [0.05, 0.1) is 23.1 Å². The van der Waals surface area contributed by atoms with Gasteiger partial charge in [0.2, 0.25) is 0 Å². The Balaban J connectivity index is 1.37. The first-order valence-electron chi connectivity index (χ1n) is 14.1. The second-order valence-corrected chi connectivity index (χ2v) is 13.2. The summed E-state index contributed by atoms with van der Waals surface area (Å²) in [6.45, 7) is 12.8. The third-order valence-electron chi connectivity index (χ3n) is 7.15. The van der Waals surface area contributed by atoms with Gasteiger partial charge in [-0.25, -0.2) is 0 Å². The fraction of sp³-hybridized carbons (Fsp3) is 0.355. The lowest BCUT2D eigenvalue weighted by molar-refractivity contribution is -0.124. The van der Waals surface area contributed by atoms with Gasteiger partial charge in [0.15, 0.2) is 0 Å². The van der Waals surface area contributed by atoms with Crippen LogP contribution in [-0.4, -0.2) is 81.7 Å². The number of thioether (sulfide) groups is 2. The highest BCUT2D eigenvalue weighted by Crippen LogP contribution is 2.35. The molecule has 0 aromatic heterocycles. The Morgan fingerprint density at radius 2 is 0.976 bits per heavy atom. The molecule has 0 radical (unpaired) electrons. The van der Waals surface area contributed by atoms with Crippen LogP contribution < -0.4 is 9.80 Å². The molecule has 2 fully saturated rings. The van der Waals surface area contributed by atoms with Crippen molar-refractivity contribution in [3.63, 3.8) is 0 Å². The Kier molecular flexibility index (Phi) is 11.2. The molecule has 222 valence electrons. The number of benzene rings is 2. The lowest BCUT2D eigenvalue weighted by Gasteiger charge is -2.27. The van der Waals surface area contributed by atoms with Crippen LogP contribution in [0.15, 0.2) is 58.3 Å². The minimum atomic E-state index is -0.136. The third kappa shape index (κ3) is 7.44. The van der Waals surface area contributed by atoms with E-state index in [0.29, 0.717) is 18.5 Å². The van der Waals surface area contributed by atoms with Gasteiger partial charge in [-0.3, -0.25) is 24.3 Å². The molecule has 2 aliphatic heterocycles. The van der Waals surface area contributed by atoms with Gasteiger partial charge >= 0.3 is 0 Å². The van der Waals surface area contributed by atoms with Gasteiger partial charge in [-0.1, -0.05) is 72.2 Å². The van der Waals surface area contributed by atoms with E-state index >= 15 is 0 Å². The quantitative estimate of drug-likeness (QED) is 0.196. The molecule has 0 unspecified atom stereocenters. The van der Waals surface area contributed by atoms with Crippen LogP contribution in [0, 0.1) is 0 Å². The molecule has 0 aliphatic carbocycles. The fourth-order valence-electron chi connectivity index (χ4n) is 4.81. The zero-order chi connectivity index (χ0) is 30.4. The highest BCUT2D eigenvalue weighted by atomic mass is 32.2. The lowest BCUT2D eigenvalue weighted by Crippen LogP contribution is -2.44. The zero-order valence-corrected chi connectivity index (χ0v) is 28.0. The third-order valence-corrected chi connectivity index (χ3v) is 9.91. The molecule has 2 aliphatic rings. The molecule has 0 spiro atoms. The summed E-state index contributed by atoms with van der Waals surface area (Å²) >= 11 is 13.7. The van der Waals surface area contributed by atoms with E-state index in [-0.39, 0.29) is 25.2 Å². The SMILES string of the molecule is CCN(CC)c1ccc(C=C2SC(=S)N(CN(C)CN3C(=O)C(=Cc4ccc(N(CC)CC)cc4)SC3=S)C2=O)cc1. The molecule has 0 atom stereocenters.